The van der Waals surface area contributed by atoms with Gasteiger partial charge in [0.25, 0.3) is 4.84 Å². The number of thiazole rings is 1. The number of carbonyl (C=O) groups excluding carboxylic acids is 1. The van der Waals surface area contributed by atoms with Crippen LogP contribution in [0.1, 0.15) is 12.6 Å². The van der Waals surface area contributed by atoms with Crippen LogP contribution in [0.4, 0.5) is 23.8 Å². The van der Waals surface area contributed by atoms with Crippen LogP contribution in [0.25, 0.3) is 33.1 Å². The van der Waals surface area contributed by atoms with Crippen LogP contribution >= 0.6 is 23.6 Å². The van der Waals surface area contributed by atoms with Crippen molar-refractivity contribution >= 4 is 35.4 Å². The van der Waals surface area contributed by atoms with Crippen molar-refractivity contribution in [2.75, 3.05) is 11.9 Å². The molecule has 4 heterocycles. The van der Waals surface area contributed by atoms with Gasteiger partial charge >= 0.3 is 12.2 Å². The van der Waals surface area contributed by atoms with Crippen molar-refractivity contribution in [2.24, 2.45) is 0 Å². The maximum atomic E-state index is 13.1. The summed E-state index contributed by atoms with van der Waals surface area (Å²) >= 11 is 5.72. The van der Waals surface area contributed by atoms with E-state index < -0.39 is 17.9 Å². The first-order chi connectivity index (χ1) is 15.7. The SMILES string of the molecule is CCNC(=O)Nc1cc(-c2nc(C(F)(F)F)cs2)c(-c2cncc(-c3noc(=S)[nH]3)c2)cn1. The van der Waals surface area contributed by atoms with E-state index in [4.69, 9.17) is 16.7 Å². The van der Waals surface area contributed by atoms with Gasteiger partial charge in [-0.25, -0.2) is 14.8 Å². The molecule has 0 aromatic carbocycles. The van der Waals surface area contributed by atoms with Gasteiger partial charge in [0.15, 0.2) is 11.5 Å². The van der Waals surface area contributed by atoms with Crippen molar-refractivity contribution in [1.29, 1.82) is 0 Å². The Hall–Kier alpha value is -3.65. The molecule has 170 valence electrons. The number of urea groups is 1. The third-order valence-electron chi connectivity index (χ3n) is 4.27. The maximum Gasteiger partial charge on any atom is 0.434 e. The highest BCUT2D eigenvalue weighted by Gasteiger charge is 2.34. The number of carbonyl (C=O) groups is 1. The standard InChI is InChI=1S/C19H14F3N7O2S2/c1-2-24-17(30)27-14-4-11(16-26-13(8-33-16)19(20,21)22)12(7-25-14)9-3-10(6-23-5-9)15-28-18(32)31-29-15/h3-8H,2H2,1H3,(H,28,29,32)(H2,24,25,27,30). The second kappa shape index (κ2) is 9.07. The van der Waals surface area contributed by atoms with Gasteiger partial charge in [-0.05, 0) is 31.3 Å². The van der Waals surface area contributed by atoms with Crippen LogP contribution < -0.4 is 10.6 Å². The largest absolute Gasteiger partial charge is 0.434 e. The van der Waals surface area contributed by atoms with Gasteiger partial charge in [0.1, 0.15) is 10.8 Å². The van der Waals surface area contributed by atoms with Crippen molar-refractivity contribution in [3.8, 4) is 33.1 Å². The summed E-state index contributed by atoms with van der Waals surface area (Å²) in [7, 11) is 0. The Balaban J connectivity index is 1.81. The van der Waals surface area contributed by atoms with Gasteiger partial charge in [-0.1, -0.05) is 5.16 Å². The molecule has 0 saturated heterocycles. The lowest BCUT2D eigenvalue weighted by Crippen LogP contribution is -2.28. The number of rotatable bonds is 5. The quantitative estimate of drug-likeness (QED) is 0.329. The predicted molar refractivity (Wildman–Crippen MR) is 117 cm³/mol. The summed E-state index contributed by atoms with van der Waals surface area (Å²) in [5.41, 5.74) is 0.856. The minimum atomic E-state index is -4.59. The molecule has 4 aromatic rings. The molecule has 0 spiro atoms. The lowest BCUT2D eigenvalue weighted by atomic mass is 10.0. The van der Waals surface area contributed by atoms with Crippen LogP contribution in [0.2, 0.25) is 0 Å². The van der Waals surface area contributed by atoms with E-state index in [0.717, 1.165) is 16.7 Å². The smallest absolute Gasteiger partial charge is 0.338 e. The van der Waals surface area contributed by atoms with Crippen LogP contribution in [-0.2, 0) is 6.18 Å². The first kappa shape index (κ1) is 22.5. The molecule has 0 radical (unpaired) electrons. The highest BCUT2D eigenvalue weighted by molar-refractivity contribution is 7.71. The number of hydrogen-bond acceptors (Lipinski definition) is 8. The number of aromatic amines is 1. The van der Waals surface area contributed by atoms with Gasteiger partial charge in [0, 0.05) is 52.8 Å². The van der Waals surface area contributed by atoms with Crippen LogP contribution in [0, 0.1) is 4.84 Å². The van der Waals surface area contributed by atoms with E-state index in [1.54, 1.807) is 13.0 Å². The summed E-state index contributed by atoms with van der Waals surface area (Å²) in [6.07, 6.45) is -0.114. The molecule has 33 heavy (non-hydrogen) atoms. The van der Waals surface area contributed by atoms with E-state index >= 15 is 0 Å². The fourth-order valence-electron chi connectivity index (χ4n) is 2.85. The number of nitrogens with zero attached hydrogens (tertiary/aromatic N) is 4. The molecule has 3 N–H and O–H groups in total. The van der Waals surface area contributed by atoms with Crippen LogP contribution in [-0.4, -0.2) is 37.7 Å². The molecule has 2 amide bonds. The highest BCUT2D eigenvalue weighted by atomic mass is 32.1. The number of anilines is 1. The molecule has 0 aliphatic rings. The Kier molecular flexibility index (Phi) is 6.20. The fraction of sp³-hybridized carbons (Fsp3) is 0.158. The molecule has 0 aliphatic carbocycles. The summed E-state index contributed by atoms with van der Waals surface area (Å²) in [4.78, 5) is 26.9. The molecule has 14 heteroatoms. The third-order valence-corrected chi connectivity index (χ3v) is 5.32. The Bertz CT molecular complexity index is 1360. The molecule has 0 aliphatic heterocycles. The zero-order valence-corrected chi connectivity index (χ0v) is 18.4. The highest BCUT2D eigenvalue weighted by Crippen LogP contribution is 2.38. The molecule has 9 nitrogen and oxygen atoms in total. The normalized spacial score (nSPS) is 11.4. The predicted octanol–water partition coefficient (Wildman–Crippen LogP) is 5.14. The van der Waals surface area contributed by atoms with Crippen molar-refractivity contribution in [1.82, 2.24) is 30.4 Å². The van der Waals surface area contributed by atoms with Crippen molar-refractivity contribution < 1.29 is 22.5 Å². The number of pyridine rings is 2. The number of halogens is 3. The van der Waals surface area contributed by atoms with Gasteiger partial charge in [0.2, 0.25) is 0 Å². The van der Waals surface area contributed by atoms with E-state index in [0.29, 0.717) is 34.6 Å². The number of hydrogen-bond donors (Lipinski definition) is 3. The number of H-pyrrole nitrogens is 1. The van der Waals surface area contributed by atoms with Crippen molar-refractivity contribution in [2.45, 2.75) is 13.1 Å². The number of amides is 2. The van der Waals surface area contributed by atoms with Gasteiger partial charge in [0.05, 0.1) is 0 Å². The Morgan fingerprint density at radius 2 is 2.00 bits per heavy atom. The third kappa shape index (κ3) is 5.06. The van der Waals surface area contributed by atoms with E-state index in [-0.39, 0.29) is 15.7 Å². The number of nitrogens with one attached hydrogen (secondary N) is 3. The first-order valence-electron chi connectivity index (χ1n) is 9.34. The summed E-state index contributed by atoms with van der Waals surface area (Å²) in [6.45, 7) is 2.14. The molecular formula is C19H14F3N7O2S2. The lowest BCUT2D eigenvalue weighted by molar-refractivity contribution is -0.140. The zero-order chi connectivity index (χ0) is 23.6. The van der Waals surface area contributed by atoms with Gasteiger partial charge < -0.3 is 9.84 Å². The van der Waals surface area contributed by atoms with Crippen LogP contribution in [0.15, 0.2) is 40.6 Å². The average molecular weight is 493 g/mol. The monoisotopic (exact) mass is 493 g/mol. The van der Waals surface area contributed by atoms with Crippen molar-refractivity contribution in [3.63, 3.8) is 0 Å². The maximum absolute atomic E-state index is 13.1. The van der Waals surface area contributed by atoms with Crippen LogP contribution in [0.5, 0.6) is 0 Å². The minimum absolute atomic E-state index is 0.0843. The number of alkyl halides is 3. The second-order valence-electron chi connectivity index (χ2n) is 6.54. The molecular weight excluding hydrogens is 479 g/mol. The molecule has 0 atom stereocenters. The molecule has 0 unspecified atom stereocenters. The minimum Gasteiger partial charge on any atom is -0.338 e. The van der Waals surface area contributed by atoms with Crippen LogP contribution in [0.3, 0.4) is 0 Å². The van der Waals surface area contributed by atoms with Gasteiger partial charge in [-0.15, -0.1) is 11.3 Å². The van der Waals surface area contributed by atoms with Gasteiger partial charge in [-0.2, -0.15) is 13.2 Å². The second-order valence-corrected chi connectivity index (χ2v) is 7.77. The first-order valence-corrected chi connectivity index (χ1v) is 10.6. The van der Waals surface area contributed by atoms with Crippen molar-refractivity contribution in [3.05, 3.63) is 46.6 Å². The van der Waals surface area contributed by atoms with E-state index in [2.05, 4.69) is 35.7 Å². The number of aromatic nitrogens is 5. The summed E-state index contributed by atoms with van der Waals surface area (Å²) in [5.74, 6) is 0.486. The molecule has 0 fully saturated rings. The topological polar surface area (TPSA) is 122 Å². The van der Waals surface area contributed by atoms with E-state index in [1.165, 1.54) is 24.7 Å². The summed E-state index contributed by atoms with van der Waals surface area (Å²) in [6, 6.07) is 2.66. The molecule has 4 aromatic heterocycles. The molecule has 0 saturated carbocycles. The fourth-order valence-corrected chi connectivity index (χ4v) is 3.84. The van der Waals surface area contributed by atoms with Gasteiger partial charge in [-0.3, -0.25) is 15.3 Å². The Labute approximate surface area is 193 Å². The zero-order valence-electron chi connectivity index (χ0n) is 16.7. The molecule has 0 bridgehead atoms. The summed E-state index contributed by atoms with van der Waals surface area (Å²) in [5, 5.41) is 9.96. The summed E-state index contributed by atoms with van der Waals surface area (Å²) < 4.78 is 44.3. The van der Waals surface area contributed by atoms with E-state index in [1.807, 2.05) is 0 Å². The molecule has 4 rings (SSSR count). The Morgan fingerprint density at radius 1 is 1.21 bits per heavy atom. The average Bonchev–Trinajstić information content (AvgIpc) is 3.43. The lowest BCUT2D eigenvalue weighted by Gasteiger charge is -2.11. The Morgan fingerprint density at radius 3 is 2.67 bits per heavy atom. The van der Waals surface area contributed by atoms with E-state index in [9.17, 15) is 18.0 Å².